The second kappa shape index (κ2) is 8.64. The maximum atomic E-state index is 13.0. The van der Waals surface area contributed by atoms with Crippen LogP contribution in [0.4, 0.5) is 4.79 Å². The van der Waals surface area contributed by atoms with E-state index in [1.807, 2.05) is 66.7 Å². The van der Waals surface area contributed by atoms with Gasteiger partial charge in [0.1, 0.15) is 11.4 Å². The third kappa shape index (κ3) is 5.54. The number of hydrogen-bond acceptors (Lipinski definition) is 6. The van der Waals surface area contributed by atoms with Gasteiger partial charge in [0.25, 0.3) is 0 Å². The molecule has 3 rings (SSSR count). The molecule has 31 heavy (non-hydrogen) atoms. The molecule has 0 N–H and O–H groups in total. The minimum Gasteiger partial charge on any atom is -0.497 e. The number of hydrogen-bond donors (Lipinski definition) is 0. The van der Waals surface area contributed by atoms with Crippen LogP contribution < -0.4 is 10.2 Å². The summed E-state index contributed by atoms with van der Waals surface area (Å²) in [7, 11) is 1.12. The molecular formula is C23H36BNO6. The normalized spacial score (nSPS) is 22.5. The second-order valence-electron chi connectivity index (χ2n) is 10.3. The van der Waals surface area contributed by atoms with Gasteiger partial charge in [-0.3, -0.25) is 4.90 Å². The molecule has 1 unspecified atom stereocenters. The van der Waals surface area contributed by atoms with Crippen molar-refractivity contribution >= 4 is 18.7 Å². The van der Waals surface area contributed by atoms with Gasteiger partial charge >= 0.3 is 13.2 Å². The third-order valence-corrected chi connectivity index (χ3v) is 6.08. The standard InChI is InChI=1S/C23H36BNO6/c1-21(2,3)29-20(26)25(18-9-10-28-15-18)14-16-11-17(13-19(12-16)27-8)24-30-22(4,5)23(6,7)31-24/h11-13,18H,9-10,14-15H2,1-8H3. The Kier molecular flexibility index (Phi) is 6.66. The number of amides is 1. The highest BCUT2D eigenvalue weighted by atomic mass is 16.7. The Morgan fingerprint density at radius 1 is 1.16 bits per heavy atom. The predicted molar refractivity (Wildman–Crippen MR) is 120 cm³/mol. The van der Waals surface area contributed by atoms with E-state index in [-0.39, 0.29) is 12.1 Å². The molecule has 1 amide bonds. The van der Waals surface area contributed by atoms with Crippen molar-refractivity contribution in [2.45, 2.75) is 84.3 Å². The largest absolute Gasteiger partial charge is 0.497 e. The number of carbonyl (C=O) groups is 1. The number of rotatable bonds is 5. The lowest BCUT2D eigenvalue weighted by Crippen LogP contribution is -2.43. The van der Waals surface area contributed by atoms with Crippen LogP contribution >= 0.6 is 0 Å². The van der Waals surface area contributed by atoms with Crippen LogP contribution in [-0.2, 0) is 25.3 Å². The minimum absolute atomic E-state index is 0.0265. The van der Waals surface area contributed by atoms with E-state index in [0.717, 1.165) is 17.4 Å². The average Bonchev–Trinajstić information content (AvgIpc) is 3.24. The van der Waals surface area contributed by atoms with E-state index in [1.54, 1.807) is 12.0 Å². The zero-order chi connectivity index (χ0) is 23.0. The number of methoxy groups -OCH3 is 1. The van der Waals surface area contributed by atoms with Crippen molar-refractivity contribution in [3.8, 4) is 5.75 Å². The highest BCUT2D eigenvalue weighted by Crippen LogP contribution is 2.36. The van der Waals surface area contributed by atoms with Crippen LogP contribution in [0.1, 0.15) is 60.5 Å². The fraction of sp³-hybridized carbons (Fsp3) is 0.696. The molecule has 2 saturated heterocycles. The number of benzene rings is 1. The first kappa shape index (κ1) is 23.9. The molecule has 0 radical (unpaired) electrons. The van der Waals surface area contributed by atoms with Gasteiger partial charge in [0, 0.05) is 13.2 Å². The van der Waals surface area contributed by atoms with Crippen LogP contribution in [0.5, 0.6) is 5.75 Å². The molecule has 1 atom stereocenters. The Labute approximate surface area is 186 Å². The van der Waals surface area contributed by atoms with Crippen LogP contribution in [0.15, 0.2) is 18.2 Å². The second-order valence-corrected chi connectivity index (χ2v) is 10.3. The molecule has 2 aliphatic heterocycles. The van der Waals surface area contributed by atoms with Crippen molar-refractivity contribution in [3.05, 3.63) is 23.8 Å². The monoisotopic (exact) mass is 433 g/mol. The van der Waals surface area contributed by atoms with E-state index in [1.165, 1.54) is 0 Å². The van der Waals surface area contributed by atoms with E-state index >= 15 is 0 Å². The van der Waals surface area contributed by atoms with Crippen LogP contribution in [0.25, 0.3) is 0 Å². The van der Waals surface area contributed by atoms with Crippen molar-refractivity contribution in [2.24, 2.45) is 0 Å². The van der Waals surface area contributed by atoms with Crippen LogP contribution in [-0.4, -0.2) is 61.3 Å². The Morgan fingerprint density at radius 2 is 1.81 bits per heavy atom. The Balaban J connectivity index is 1.88. The lowest BCUT2D eigenvalue weighted by molar-refractivity contribution is 0.00578. The smallest absolute Gasteiger partial charge is 0.494 e. The molecule has 0 aromatic heterocycles. The summed E-state index contributed by atoms with van der Waals surface area (Å²) < 4.78 is 29.2. The minimum atomic E-state index is -0.572. The lowest BCUT2D eigenvalue weighted by Gasteiger charge is -2.32. The number of nitrogens with zero attached hydrogens (tertiary/aromatic N) is 1. The van der Waals surface area contributed by atoms with Gasteiger partial charge in [0.15, 0.2) is 0 Å². The Morgan fingerprint density at radius 3 is 2.32 bits per heavy atom. The molecule has 8 heteroatoms. The third-order valence-electron chi connectivity index (χ3n) is 6.08. The van der Waals surface area contributed by atoms with Gasteiger partial charge in [-0.1, -0.05) is 6.07 Å². The highest BCUT2D eigenvalue weighted by molar-refractivity contribution is 6.62. The van der Waals surface area contributed by atoms with Gasteiger partial charge < -0.3 is 23.5 Å². The summed E-state index contributed by atoms with van der Waals surface area (Å²) in [6.45, 7) is 15.2. The van der Waals surface area contributed by atoms with E-state index in [2.05, 4.69) is 0 Å². The fourth-order valence-corrected chi connectivity index (χ4v) is 3.64. The maximum Gasteiger partial charge on any atom is 0.494 e. The van der Waals surface area contributed by atoms with E-state index < -0.39 is 23.9 Å². The van der Waals surface area contributed by atoms with Crippen molar-refractivity contribution in [1.29, 1.82) is 0 Å². The summed E-state index contributed by atoms with van der Waals surface area (Å²) in [4.78, 5) is 14.7. The molecule has 0 bridgehead atoms. The summed E-state index contributed by atoms with van der Waals surface area (Å²) in [5, 5.41) is 0. The van der Waals surface area contributed by atoms with Gasteiger partial charge in [-0.2, -0.15) is 0 Å². The average molecular weight is 433 g/mol. The van der Waals surface area contributed by atoms with Crippen molar-refractivity contribution in [1.82, 2.24) is 4.90 Å². The van der Waals surface area contributed by atoms with Gasteiger partial charge in [0.05, 0.1) is 31.0 Å². The molecule has 7 nitrogen and oxygen atoms in total. The summed E-state index contributed by atoms with van der Waals surface area (Å²) in [5.74, 6) is 0.689. The lowest BCUT2D eigenvalue weighted by atomic mass is 9.78. The molecule has 0 saturated carbocycles. The topological polar surface area (TPSA) is 66.5 Å². The molecular weight excluding hydrogens is 397 g/mol. The first-order chi connectivity index (χ1) is 14.3. The van der Waals surface area contributed by atoms with Gasteiger partial charge in [-0.15, -0.1) is 0 Å². The van der Waals surface area contributed by atoms with Crippen molar-refractivity contribution < 1.29 is 28.3 Å². The van der Waals surface area contributed by atoms with Crippen LogP contribution in [0.2, 0.25) is 0 Å². The first-order valence-electron chi connectivity index (χ1n) is 10.9. The SMILES string of the molecule is COc1cc(CN(C(=O)OC(C)(C)C)C2CCOC2)cc(B2OC(C)(C)C(C)(C)O2)c1. The number of carbonyl (C=O) groups excluding carboxylic acids is 1. The van der Waals surface area contributed by atoms with Crippen LogP contribution in [0, 0.1) is 0 Å². The highest BCUT2D eigenvalue weighted by Gasteiger charge is 2.51. The zero-order valence-corrected chi connectivity index (χ0v) is 20.1. The molecule has 1 aromatic rings. The zero-order valence-electron chi connectivity index (χ0n) is 20.1. The van der Waals surface area contributed by atoms with Crippen LogP contribution in [0.3, 0.4) is 0 Å². The summed E-state index contributed by atoms with van der Waals surface area (Å²) >= 11 is 0. The molecule has 172 valence electrons. The Bertz CT molecular complexity index is 782. The fourth-order valence-electron chi connectivity index (χ4n) is 3.64. The van der Waals surface area contributed by atoms with Crippen molar-refractivity contribution in [3.63, 3.8) is 0 Å². The summed E-state index contributed by atoms with van der Waals surface area (Å²) in [6, 6.07) is 5.84. The maximum absolute atomic E-state index is 13.0. The molecule has 2 fully saturated rings. The van der Waals surface area contributed by atoms with Gasteiger partial charge in [-0.05, 0) is 78.0 Å². The number of ether oxygens (including phenoxy) is 3. The van der Waals surface area contributed by atoms with Gasteiger partial charge in [0.2, 0.25) is 0 Å². The van der Waals surface area contributed by atoms with Crippen molar-refractivity contribution in [2.75, 3.05) is 20.3 Å². The molecule has 1 aromatic carbocycles. The Hall–Kier alpha value is -1.77. The summed E-state index contributed by atoms with van der Waals surface area (Å²) in [5.41, 5.74) is 0.327. The first-order valence-corrected chi connectivity index (χ1v) is 10.9. The molecule has 0 aliphatic carbocycles. The summed E-state index contributed by atoms with van der Waals surface area (Å²) in [6.07, 6.45) is 0.441. The molecule has 2 aliphatic rings. The predicted octanol–water partition coefficient (Wildman–Crippen LogP) is 3.52. The van der Waals surface area contributed by atoms with E-state index in [9.17, 15) is 4.79 Å². The van der Waals surface area contributed by atoms with E-state index in [4.69, 9.17) is 23.5 Å². The molecule has 0 spiro atoms. The van der Waals surface area contributed by atoms with E-state index in [0.29, 0.717) is 25.5 Å². The van der Waals surface area contributed by atoms with Gasteiger partial charge in [-0.25, -0.2) is 4.79 Å². The molecule has 2 heterocycles. The quantitative estimate of drug-likeness (QED) is 0.663.